The Balaban J connectivity index is 2.03. The quantitative estimate of drug-likeness (QED) is 0.413. The van der Waals surface area contributed by atoms with Crippen LogP contribution in [0.5, 0.6) is 11.5 Å². The lowest BCUT2D eigenvalue weighted by Crippen LogP contribution is -2.23. The molecule has 1 aromatic heterocycles. The fourth-order valence-corrected chi connectivity index (χ4v) is 3.27. The Morgan fingerprint density at radius 1 is 1.21 bits per heavy atom. The highest BCUT2D eigenvalue weighted by atomic mass is 35.5. The number of benzene rings is 2. The van der Waals surface area contributed by atoms with E-state index in [0.29, 0.717) is 39.3 Å². The summed E-state index contributed by atoms with van der Waals surface area (Å²) in [7, 11) is 0. The molecule has 0 aliphatic heterocycles. The Bertz CT molecular complexity index is 1040. The van der Waals surface area contributed by atoms with E-state index in [9.17, 15) is 14.3 Å². The molecule has 3 rings (SSSR count). The van der Waals surface area contributed by atoms with Crippen LogP contribution in [0.2, 0.25) is 5.02 Å². The van der Waals surface area contributed by atoms with Crippen LogP contribution in [0, 0.1) is 0 Å². The molecule has 0 saturated carbocycles. The molecule has 6 nitrogen and oxygen atoms in total. The lowest BCUT2D eigenvalue weighted by molar-refractivity contribution is 0.120. The fourth-order valence-electron chi connectivity index (χ4n) is 3.08. The largest absolute Gasteiger partial charge is 0.511 e. The van der Waals surface area contributed by atoms with E-state index in [-0.39, 0.29) is 19.0 Å². The zero-order valence-corrected chi connectivity index (χ0v) is 16.7. The minimum atomic E-state index is -1.50. The number of aliphatic hydroxyl groups excluding tert-OH is 1. The van der Waals surface area contributed by atoms with Gasteiger partial charge in [-0.25, -0.2) is 9.18 Å². The number of hydrogen-bond donors (Lipinski definition) is 2. The van der Waals surface area contributed by atoms with E-state index in [4.69, 9.17) is 26.2 Å². The number of fused-ring (bicyclic) bond motifs is 1. The number of alkyl halides is 1. The number of aliphatic hydroxyl groups is 1. The summed E-state index contributed by atoms with van der Waals surface area (Å²) in [5.74, 6) is 0.630. The van der Waals surface area contributed by atoms with Gasteiger partial charge in [-0.05, 0) is 44.2 Å². The Labute approximate surface area is 172 Å². The van der Waals surface area contributed by atoms with Crippen LogP contribution in [-0.2, 0) is 13.2 Å². The van der Waals surface area contributed by atoms with Crippen molar-refractivity contribution in [2.75, 3.05) is 6.61 Å². The molecule has 0 unspecified atom stereocenters. The van der Waals surface area contributed by atoms with Gasteiger partial charge in [0.2, 0.25) is 0 Å². The molecule has 0 bridgehead atoms. The summed E-state index contributed by atoms with van der Waals surface area (Å²) in [5.41, 5.74) is 0.410. The number of aromatic nitrogens is 1. The Morgan fingerprint density at radius 2 is 1.97 bits per heavy atom. The summed E-state index contributed by atoms with van der Waals surface area (Å²) in [6.45, 7) is 2.76. The maximum Gasteiger partial charge on any atom is 0.511 e. The van der Waals surface area contributed by atoms with Crippen molar-refractivity contribution in [3.8, 4) is 11.5 Å². The molecule has 29 heavy (non-hydrogen) atoms. The molecule has 0 aliphatic carbocycles. The summed E-state index contributed by atoms with van der Waals surface area (Å²) in [6.07, 6.45) is 0.275. The van der Waals surface area contributed by atoms with Crippen molar-refractivity contribution in [1.29, 1.82) is 0 Å². The van der Waals surface area contributed by atoms with E-state index in [1.165, 1.54) is 19.9 Å². The molecule has 0 aliphatic rings. The Morgan fingerprint density at radius 3 is 2.62 bits per heavy atom. The monoisotopic (exact) mass is 421 g/mol. The standard InChI is InChI=1S/C21H21ClFNO5/c1-21(2,23)12-28-17-7-6-15(22)8-13(17)9-24-10-14(11-25)19-16(24)4-3-5-18(19)29-20(26)27/h3-8,10,25H,9,11-12H2,1-2H3,(H,26,27). The third kappa shape index (κ3) is 4.99. The molecule has 8 heteroatoms. The van der Waals surface area contributed by atoms with E-state index in [1.807, 2.05) is 4.57 Å². The van der Waals surface area contributed by atoms with Crippen molar-refractivity contribution in [2.45, 2.75) is 32.7 Å². The van der Waals surface area contributed by atoms with Gasteiger partial charge in [-0.1, -0.05) is 17.7 Å². The second-order valence-electron chi connectivity index (χ2n) is 7.22. The van der Waals surface area contributed by atoms with Crippen molar-refractivity contribution in [2.24, 2.45) is 0 Å². The minimum absolute atomic E-state index is 0.119. The summed E-state index contributed by atoms with van der Waals surface area (Å²) < 4.78 is 26.2. The summed E-state index contributed by atoms with van der Waals surface area (Å²) in [4.78, 5) is 11.0. The van der Waals surface area contributed by atoms with Gasteiger partial charge in [-0.15, -0.1) is 0 Å². The van der Waals surface area contributed by atoms with E-state index < -0.39 is 11.8 Å². The summed E-state index contributed by atoms with van der Waals surface area (Å²) >= 11 is 6.14. The number of rotatable bonds is 7. The van der Waals surface area contributed by atoms with Crippen LogP contribution in [0.1, 0.15) is 25.0 Å². The first-order valence-electron chi connectivity index (χ1n) is 8.90. The van der Waals surface area contributed by atoms with E-state index >= 15 is 0 Å². The molecular weight excluding hydrogens is 401 g/mol. The maximum atomic E-state index is 13.9. The second-order valence-corrected chi connectivity index (χ2v) is 7.65. The highest BCUT2D eigenvalue weighted by molar-refractivity contribution is 6.30. The highest BCUT2D eigenvalue weighted by Crippen LogP contribution is 2.33. The van der Waals surface area contributed by atoms with Crippen LogP contribution < -0.4 is 9.47 Å². The van der Waals surface area contributed by atoms with Gasteiger partial charge in [0, 0.05) is 27.7 Å². The minimum Gasteiger partial charge on any atom is -0.490 e. The van der Waals surface area contributed by atoms with Crippen molar-refractivity contribution < 1.29 is 28.9 Å². The SMILES string of the molecule is CC(C)(F)COc1ccc(Cl)cc1Cn1cc(CO)c2c(OC(=O)O)cccc21. The third-order valence-electron chi connectivity index (χ3n) is 4.25. The number of carboxylic acid groups (broad SMARTS) is 1. The molecule has 154 valence electrons. The van der Waals surface area contributed by atoms with Gasteiger partial charge in [0.05, 0.1) is 18.7 Å². The van der Waals surface area contributed by atoms with Gasteiger partial charge in [-0.3, -0.25) is 0 Å². The molecule has 0 fully saturated rings. The lowest BCUT2D eigenvalue weighted by Gasteiger charge is -2.18. The first kappa shape index (κ1) is 21.0. The maximum absolute atomic E-state index is 13.9. The number of hydrogen-bond acceptors (Lipinski definition) is 4. The van der Waals surface area contributed by atoms with E-state index in [1.54, 1.807) is 36.5 Å². The average Bonchev–Trinajstić information content (AvgIpc) is 2.99. The smallest absolute Gasteiger partial charge is 0.490 e. The zero-order chi connectivity index (χ0) is 21.2. The topological polar surface area (TPSA) is 80.9 Å². The Kier molecular flexibility index (Phi) is 6.00. The molecule has 1 heterocycles. The normalized spacial score (nSPS) is 11.6. The molecule has 0 saturated heterocycles. The van der Waals surface area contributed by atoms with Crippen molar-refractivity contribution in [1.82, 2.24) is 4.57 Å². The summed E-state index contributed by atoms with van der Waals surface area (Å²) in [5, 5.41) is 19.7. The highest BCUT2D eigenvalue weighted by Gasteiger charge is 2.19. The van der Waals surface area contributed by atoms with Crippen LogP contribution >= 0.6 is 11.6 Å². The molecule has 0 radical (unpaired) electrons. The van der Waals surface area contributed by atoms with Gasteiger partial charge in [-0.2, -0.15) is 0 Å². The van der Waals surface area contributed by atoms with E-state index in [0.717, 1.165) is 0 Å². The zero-order valence-electron chi connectivity index (χ0n) is 16.0. The molecule has 0 amide bonds. The van der Waals surface area contributed by atoms with Crippen molar-refractivity contribution in [3.05, 3.63) is 58.7 Å². The first-order valence-corrected chi connectivity index (χ1v) is 9.28. The predicted octanol–water partition coefficient (Wildman–Crippen LogP) is 5.02. The number of ether oxygens (including phenoxy) is 2. The van der Waals surface area contributed by atoms with Gasteiger partial charge < -0.3 is 24.3 Å². The third-order valence-corrected chi connectivity index (χ3v) is 4.48. The van der Waals surface area contributed by atoms with Crippen molar-refractivity contribution in [3.63, 3.8) is 0 Å². The van der Waals surface area contributed by atoms with Crippen LogP contribution in [0.15, 0.2) is 42.6 Å². The molecule has 0 spiro atoms. The summed E-state index contributed by atoms with van der Waals surface area (Å²) in [6, 6.07) is 10.1. The van der Waals surface area contributed by atoms with Gasteiger partial charge in [0.15, 0.2) is 0 Å². The molecular formula is C21H21ClFNO5. The van der Waals surface area contributed by atoms with Gasteiger partial charge >= 0.3 is 6.16 Å². The van der Waals surface area contributed by atoms with Crippen LogP contribution in [-0.4, -0.2) is 33.2 Å². The van der Waals surface area contributed by atoms with Gasteiger partial charge in [0.25, 0.3) is 0 Å². The second kappa shape index (κ2) is 8.31. The number of carbonyl (C=O) groups is 1. The molecule has 2 N–H and O–H groups in total. The molecule has 3 aromatic rings. The van der Waals surface area contributed by atoms with Crippen LogP contribution in [0.3, 0.4) is 0 Å². The average molecular weight is 422 g/mol. The predicted molar refractivity (Wildman–Crippen MR) is 108 cm³/mol. The first-order chi connectivity index (χ1) is 13.7. The fraction of sp³-hybridized carbons (Fsp3) is 0.286. The number of nitrogens with zero attached hydrogens (tertiary/aromatic N) is 1. The van der Waals surface area contributed by atoms with E-state index in [2.05, 4.69) is 0 Å². The molecule has 0 atom stereocenters. The van der Waals surface area contributed by atoms with Gasteiger partial charge in [0.1, 0.15) is 23.8 Å². The Hall–Kier alpha value is -2.77. The van der Waals surface area contributed by atoms with Crippen molar-refractivity contribution >= 4 is 28.7 Å². The number of halogens is 2. The lowest BCUT2D eigenvalue weighted by atomic mass is 10.1. The van der Waals surface area contributed by atoms with Crippen LogP contribution in [0.25, 0.3) is 10.9 Å². The van der Waals surface area contributed by atoms with Crippen LogP contribution in [0.4, 0.5) is 9.18 Å². The molecule has 2 aromatic carbocycles.